The lowest BCUT2D eigenvalue weighted by atomic mass is 10.1. The van der Waals surface area contributed by atoms with Crippen molar-refractivity contribution in [1.82, 2.24) is 14.8 Å². The number of aryl methyl sites for hydroxylation is 1. The van der Waals surface area contributed by atoms with Crippen LogP contribution in [0.1, 0.15) is 29.9 Å². The highest BCUT2D eigenvalue weighted by molar-refractivity contribution is 7.80. The van der Waals surface area contributed by atoms with Gasteiger partial charge in [0.1, 0.15) is 5.75 Å². The Kier molecular flexibility index (Phi) is 4.57. The number of aromatic nitrogens is 1. The molecule has 2 heterocycles. The van der Waals surface area contributed by atoms with E-state index in [1.807, 2.05) is 12.1 Å². The molecule has 4 nitrogen and oxygen atoms in total. The van der Waals surface area contributed by atoms with Crippen molar-refractivity contribution < 1.29 is 4.74 Å². The SMILES string of the molecule is COc1ccc(CNC(=S)N2CCn3c(C)ccc3[C@H]2C)cc1. The molecule has 122 valence electrons. The number of nitrogens with zero attached hydrogens (tertiary/aromatic N) is 2. The summed E-state index contributed by atoms with van der Waals surface area (Å²) < 4.78 is 7.56. The summed E-state index contributed by atoms with van der Waals surface area (Å²) in [5.41, 5.74) is 3.85. The van der Waals surface area contributed by atoms with E-state index in [9.17, 15) is 0 Å². The van der Waals surface area contributed by atoms with Gasteiger partial charge in [-0.3, -0.25) is 0 Å². The molecule has 0 spiro atoms. The van der Waals surface area contributed by atoms with E-state index in [-0.39, 0.29) is 0 Å². The fourth-order valence-electron chi connectivity index (χ4n) is 3.12. The van der Waals surface area contributed by atoms with Crippen LogP contribution in [0.2, 0.25) is 0 Å². The van der Waals surface area contributed by atoms with Crippen LogP contribution in [-0.4, -0.2) is 28.2 Å². The minimum Gasteiger partial charge on any atom is -0.497 e. The minimum atomic E-state index is 0.299. The van der Waals surface area contributed by atoms with Crippen LogP contribution >= 0.6 is 12.2 Å². The van der Waals surface area contributed by atoms with Gasteiger partial charge in [0.15, 0.2) is 5.11 Å². The van der Waals surface area contributed by atoms with E-state index in [1.54, 1.807) is 7.11 Å². The number of rotatable bonds is 3. The third-order valence-electron chi connectivity index (χ3n) is 4.56. The summed E-state index contributed by atoms with van der Waals surface area (Å²) >= 11 is 5.62. The van der Waals surface area contributed by atoms with Gasteiger partial charge >= 0.3 is 0 Å². The van der Waals surface area contributed by atoms with E-state index in [1.165, 1.54) is 17.0 Å². The molecule has 0 radical (unpaired) electrons. The molecule has 23 heavy (non-hydrogen) atoms. The Labute approximate surface area is 143 Å². The zero-order valence-corrected chi connectivity index (χ0v) is 14.7. The summed E-state index contributed by atoms with van der Waals surface area (Å²) in [4.78, 5) is 2.27. The summed E-state index contributed by atoms with van der Waals surface area (Å²) in [5.74, 6) is 0.872. The van der Waals surface area contributed by atoms with E-state index in [2.05, 4.69) is 52.9 Å². The first-order valence-corrected chi connectivity index (χ1v) is 8.34. The predicted molar refractivity (Wildman–Crippen MR) is 96.7 cm³/mol. The molecule has 1 aromatic carbocycles. The van der Waals surface area contributed by atoms with Crippen LogP contribution in [0.5, 0.6) is 5.75 Å². The summed E-state index contributed by atoms with van der Waals surface area (Å²) in [6.07, 6.45) is 0. The van der Waals surface area contributed by atoms with Crippen molar-refractivity contribution in [3.05, 3.63) is 53.3 Å². The zero-order chi connectivity index (χ0) is 16.4. The monoisotopic (exact) mass is 329 g/mol. The first-order chi connectivity index (χ1) is 11.1. The quantitative estimate of drug-likeness (QED) is 0.876. The Balaban J connectivity index is 1.62. The largest absolute Gasteiger partial charge is 0.497 e. The van der Waals surface area contributed by atoms with Gasteiger partial charge in [-0.25, -0.2) is 0 Å². The van der Waals surface area contributed by atoms with Crippen molar-refractivity contribution >= 4 is 17.3 Å². The summed E-state index contributed by atoms with van der Waals surface area (Å²) in [6.45, 7) is 7.03. The molecule has 1 aromatic heterocycles. The Morgan fingerprint density at radius 3 is 2.65 bits per heavy atom. The molecule has 0 fully saturated rings. The number of fused-ring (bicyclic) bond motifs is 1. The fourth-order valence-corrected chi connectivity index (χ4v) is 3.44. The topological polar surface area (TPSA) is 29.4 Å². The molecule has 1 aliphatic rings. The first-order valence-electron chi connectivity index (χ1n) is 7.93. The number of hydrogen-bond donors (Lipinski definition) is 1. The fraction of sp³-hybridized carbons (Fsp3) is 0.389. The molecule has 0 saturated heterocycles. The number of benzene rings is 1. The van der Waals surface area contributed by atoms with Crippen molar-refractivity contribution in [2.75, 3.05) is 13.7 Å². The second-order valence-electron chi connectivity index (χ2n) is 5.93. The average molecular weight is 329 g/mol. The van der Waals surface area contributed by atoms with Gasteiger partial charge < -0.3 is 19.5 Å². The average Bonchev–Trinajstić information content (AvgIpc) is 2.95. The molecular formula is C18H23N3OS. The first kappa shape index (κ1) is 15.9. The Hall–Kier alpha value is -2.01. The zero-order valence-electron chi connectivity index (χ0n) is 13.9. The molecule has 1 aliphatic heterocycles. The van der Waals surface area contributed by atoms with Crippen molar-refractivity contribution in [3.8, 4) is 5.75 Å². The van der Waals surface area contributed by atoms with E-state index in [4.69, 9.17) is 17.0 Å². The summed E-state index contributed by atoms with van der Waals surface area (Å²) in [5, 5.41) is 4.20. The van der Waals surface area contributed by atoms with E-state index in [0.29, 0.717) is 6.04 Å². The van der Waals surface area contributed by atoms with Crippen LogP contribution in [0.3, 0.4) is 0 Å². The van der Waals surface area contributed by atoms with Crippen LogP contribution in [0.15, 0.2) is 36.4 Å². The standard InChI is InChI=1S/C18H23N3OS/c1-13-4-9-17-14(2)21(11-10-20(13)17)18(23)19-12-15-5-7-16(22-3)8-6-15/h4-9,14H,10-12H2,1-3H3,(H,19,23)/t14-/m1/s1. The van der Waals surface area contributed by atoms with E-state index in [0.717, 1.165) is 30.5 Å². The molecule has 0 saturated carbocycles. The molecule has 2 aromatic rings. The second-order valence-corrected chi connectivity index (χ2v) is 6.31. The summed E-state index contributed by atoms with van der Waals surface area (Å²) in [7, 11) is 1.68. The van der Waals surface area contributed by atoms with Crippen molar-refractivity contribution in [3.63, 3.8) is 0 Å². The Morgan fingerprint density at radius 2 is 1.96 bits per heavy atom. The maximum atomic E-state index is 5.62. The Morgan fingerprint density at radius 1 is 1.22 bits per heavy atom. The van der Waals surface area contributed by atoms with Crippen LogP contribution in [-0.2, 0) is 13.1 Å². The minimum absolute atomic E-state index is 0.299. The highest BCUT2D eigenvalue weighted by Gasteiger charge is 2.26. The van der Waals surface area contributed by atoms with Gasteiger partial charge in [0.25, 0.3) is 0 Å². The van der Waals surface area contributed by atoms with Crippen molar-refractivity contribution in [1.29, 1.82) is 0 Å². The molecule has 1 atom stereocenters. The third-order valence-corrected chi connectivity index (χ3v) is 4.94. The lowest BCUT2D eigenvalue weighted by molar-refractivity contribution is 0.267. The normalized spacial score (nSPS) is 16.8. The van der Waals surface area contributed by atoms with Gasteiger partial charge in [-0.15, -0.1) is 0 Å². The maximum Gasteiger partial charge on any atom is 0.169 e. The second kappa shape index (κ2) is 6.62. The van der Waals surface area contributed by atoms with Gasteiger partial charge in [0.05, 0.1) is 13.2 Å². The molecular weight excluding hydrogens is 306 g/mol. The lowest BCUT2D eigenvalue weighted by Crippen LogP contribution is -2.45. The number of nitrogens with one attached hydrogen (secondary N) is 1. The van der Waals surface area contributed by atoms with Crippen LogP contribution < -0.4 is 10.1 Å². The van der Waals surface area contributed by atoms with Crippen molar-refractivity contribution in [2.24, 2.45) is 0 Å². The third kappa shape index (κ3) is 3.20. The predicted octanol–water partition coefficient (Wildman–Crippen LogP) is 3.26. The van der Waals surface area contributed by atoms with Crippen LogP contribution in [0.25, 0.3) is 0 Å². The highest BCUT2D eigenvalue weighted by atomic mass is 32.1. The van der Waals surface area contributed by atoms with Gasteiger partial charge in [-0.2, -0.15) is 0 Å². The number of methoxy groups -OCH3 is 1. The molecule has 0 aliphatic carbocycles. The molecule has 5 heteroatoms. The van der Waals surface area contributed by atoms with Gasteiger partial charge in [0, 0.05) is 31.0 Å². The van der Waals surface area contributed by atoms with Gasteiger partial charge in [-0.1, -0.05) is 12.1 Å². The number of thiocarbonyl (C=S) groups is 1. The van der Waals surface area contributed by atoms with E-state index < -0.39 is 0 Å². The lowest BCUT2D eigenvalue weighted by Gasteiger charge is -2.37. The van der Waals surface area contributed by atoms with Gasteiger partial charge in [-0.05, 0) is 55.9 Å². The van der Waals surface area contributed by atoms with E-state index >= 15 is 0 Å². The molecule has 0 amide bonds. The van der Waals surface area contributed by atoms with Gasteiger partial charge in [0.2, 0.25) is 0 Å². The number of ether oxygens (including phenoxy) is 1. The smallest absolute Gasteiger partial charge is 0.169 e. The molecule has 1 N–H and O–H groups in total. The Bertz CT molecular complexity index is 693. The van der Waals surface area contributed by atoms with Crippen molar-refractivity contribution in [2.45, 2.75) is 33.0 Å². The number of hydrogen-bond acceptors (Lipinski definition) is 2. The molecule has 0 unspecified atom stereocenters. The highest BCUT2D eigenvalue weighted by Crippen LogP contribution is 2.27. The van der Waals surface area contributed by atoms with Crippen LogP contribution in [0, 0.1) is 6.92 Å². The molecule has 3 rings (SSSR count). The summed E-state index contributed by atoms with van der Waals surface area (Å²) in [6, 6.07) is 12.7. The van der Waals surface area contributed by atoms with Crippen LogP contribution in [0.4, 0.5) is 0 Å². The molecule has 0 bridgehead atoms. The maximum absolute atomic E-state index is 5.62.